The smallest absolute Gasteiger partial charge is 0.0554 e. The summed E-state index contributed by atoms with van der Waals surface area (Å²) in [6.07, 6.45) is 13.8. The Morgan fingerprint density at radius 2 is 2.11 bits per heavy atom. The summed E-state index contributed by atoms with van der Waals surface area (Å²) in [5, 5.41) is 0.131. The van der Waals surface area contributed by atoms with Gasteiger partial charge in [0.2, 0.25) is 0 Å². The molecule has 2 aliphatic rings. The van der Waals surface area contributed by atoms with Gasteiger partial charge in [0.05, 0.1) is 5.38 Å². The number of hydrogen-bond donors (Lipinski definition) is 0. The van der Waals surface area contributed by atoms with Crippen LogP contribution in [0.25, 0.3) is 0 Å². The summed E-state index contributed by atoms with van der Waals surface area (Å²) < 4.78 is 1.20. The van der Waals surface area contributed by atoms with Gasteiger partial charge in [-0.05, 0) is 37.8 Å². The molecule has 0 fully saturated rings. The normalized spacial score (nSPS) is 24.4. The molecule has 0 heterocycles. The lowest BCUT2D eigenvalue weighted by molar-refractivity contribution is 0.879. The average Bonchev–Trinajstić information content (AvgIpc) is 2.38. The van der Waals surface area contributed by atoms with Crippen LogP contribution in [0.1, 0.15) is 26.2 Å². The first-order chi connectivity index (χ1) is 8.66. The lowest BCUT2D eigenvalue weighted by Gasteiger charge is -2.14. The zero-order chi connectivity index (χ0) is 13.0. The highest BCUT2D eigenvalue weighted by atomic mass is 79.9. The van der Waals surface area contributed by atoms with Gasteiger partial charge < -0.3 is 0 Å². The Hall–Kier alpha value is -0.710. The van der Waals surface area contributed by atoms with Crippen molar-refractivity contribution in [2.75, 3.05) is 0 Å². The number of allylic oxidation sites excluding steroid dienone is 8. The first-order valence-corrected chi connectivity index (χ1v) is 7.50. The fourth-order valence-corrected chi connectivity index (χ4v) is 2.90. The van der Waals surface area contributed by atoms with Crippen LogP contribution < -0.4 is 0 Å². The summed E-state index contributed by atoms with van der Waals surface area (Å²) in [6.45, 7) is 2.15. The van der Waals surface area contributed by atoms with Gasteiger partial charge >= 0.3 is 0 Å². The van der Waals surface area contributed by atoms with E-state index in [9.17, 15) is 0 Å². The minimum atomic E-state index is 0.131. The highest BCUT2D eigenvalue weighted by Crippen LogP contribution is 2.29. The Kier molecular flexibility index (Phi) is 4.92. The van der Waals surface area contributed by atoms with E-state index in [4.69, 9.17) is 11.6 Å². The molecule has 0 N–H and O–H groups in total. The second kappa shape index (κ2) is 6.45. The van der Waals surface area contributed by atoms with E-state index in [1.807, 2.05) is 12.2 Å². The van der Waals surface area contributed by atoms with Crippen LogP contribution in [0.2, 0.25) is 0 Å². The van der Waals surface area contributed by atoms with E-state index in [0.29, 0.717) is 0 Å². The van der Waals surface area contributed by atoms with Crippen LogP contribution in [-0.2, 0) is 0 Å². The molecule has 0 radical (unpaired) electrons. The molecular weight excluding hydrogens is 308 g/mol. The Morgan fingerprint density at radius 3 is 2.78 bits per heavy atom. The molecule has 2 heteroatoms. The SMILES string of the molecule is CC(C#CC1=CCC(Cl)C=C1)C1=CCCC=C1Br. The van der Waals surface area contributed by atoms with Crippen LogP contribution >= 0.6 is 27.5 Å². The first-order valence-electron chi connectivity index (χ1n) is 6.27. The Morgan fingerprint density at radius 1 is 1.33 bits per heavy atom. The molecule has 94 valence electrons. The minimum Gasteiger partial charge on any atom is -0.118 e. The molecule has 2 unspecified atom stereocenters. The van der Waals surface area contributed by atoms with Gasteiger partial charge in [-0.1, -0.05) is 52.1 Å². The Balaban J connectivity index is 2.05. The van der Waals surface area contributed by atoms with Crippen LogP contribution in [0.3, 0.4) is 0 Å². The molecular formula is C16H16BrCl. The molecule has 0 aromatic heterocycles. The summed E-state index contributed by atoms with van der Waals surface area (Å²) in [5.74, 6) is 6.81. The maximum Gasteiger partial charge on any atom is 0.0554 e. The molecule has 0 aromatic rings. The average molecular weight is 324 g/mol. The van der Waals surface area contributed by atoms with Gasteiger partial charge in [-0.15, -0.1) is 11.6 Å². The van der Waals surface area contributed by atoms with Gasteiger partial charge in [-0.2, -0.15) is 0 Å². The maximum absolute atomic E-state index is 5.98. The lowest BCUT2D eigenvalue weighted by Crippen LogP contribution is -2.00. The second-order valence-corrected chi connectivity index (χ2v) is 5.97. The zero-order valence-corrected chi connectivity index (χ0v) is 12.8. The largest absolute Gasteiger partial charge is 0.118 e. The summed E-state index contributed by atoms with van der Waals surface area (Å²) in [7, 11) is 0. The summed E-state index contributed by atoms with van der Waals surface area (Å²) in [5.41, 5.74) is 2.39. The third kappa shape index (κ3) is 3.64. The third-order valence-corrected chi connectivity index (χ3v) is 4.18. The molecule has 2 rings (SSSR count). The molecule has 0 amide bonds. The predicted molar refractivity (Wildman–Crippen MR) is 82.7 cm³/mol. The van der Waals surface area contributed by atoms with Gasteiger partial charge in [-0.3, -0.25) is 0 Å². The van der Waals surface area contributed by atoms with Gasteiger partial charge in [0.1, 0.15) is 0 Å². The van der Waals surface area contributed by atoms with E-state index >= 15 is 0 Å². The van der Waals surface area contributed by atoms with Crippen molar-refractivity contribution < 1.29 is 0 Å². The fraction of sp³-hybridized carbons (Fsp3) is 0.375. The van der Waals surface area contributed by atoms with E-state index in [1.165, 1.54) is 10.1 Å². The zero-order valence-electron chi connectivity index (χ0n) is 10.4. The van der Waals surface area contributed by atoms with Gasteiger partial charge in [-0.25, -0.2) is 0 Å². The van der Waals surface area contributed by atoms with Crippen molar-refractivity contribution in [2.45, 2.75) is 31.6 Å². The van der Waals surface area contributed by atoms with Gasteiger partial charge in [0.25, 0.3) is 0 Å². The lowest BCUT2D eigenvalue weighted by atomic mass is 9.95. The Bertz CT molecular complexity index is 497. The molecule has 0 saturated heterocycles. The van der Waals surface area contributed by atoms with Crippen molar-refractivity contribution >= 4 is 27.5 Å². The van der Waals surface area contributed by atoms with E-state index in [2.05, 4.69) is 52.9 Å². The summed E-state index contributed by atoms with van der Waals surface area (Å²) in [4.78, 5) is 0. The molecule has 18 heavy (non-hydrogen) atoms. The van der Waals surface area contributed by atoms with E-state index in [1.54, 1.807) is 0 Å². The standard InChI is InChI=1S/C16H16BrCl/c1-12(15-4-2-3-5-16(15)17)6-7-13-8-10-14(18)11-9-13/h4-5,8-10,12,14H,2-3,11H2,1H3. The Labute approximate surface area is 123 Å². The summed E-state index contributed by atoms with van der Waals surface area (Å²) in [6, 6.07) is 0. The van der Waals surface area contributed by atoms with Crippen LogP contribution in [-0.4, -0.2) is 5.38 Å². The van der Waals surface area contributed by atoms with Crippen molar-refractivity contribution in [3.63, 3.8) is 0 Å². The molecule has 0 saturated carbocycles. The van der Waals surface area contributed by atoms with Crippen molar-refractivity contribution in [2.24, 2.45) is 5.92 Å². The van der Waals surface area contributed by atoms with Crippen molar-refractivity contribution in [3.8, 4) is 11.8 Å². The maximum atomic E-state index is 5.98. The van der Waals surface area contributed by atoms with Gasteiger partial charge in [0.15, 0.2) is 0 Å². The van der Waals surface area contributed by atoms with Crippen LogP contribution in [0.5, 0.6) is 0 Å². The highest BCUT2D eigenvalue weighted by Gasteiger charge is 2.11. The number of halogens is 2. The van der Waals surface area contributed by atoms with E-state index < -0.39 is 0 Å². The molecule has 0 spiro atoms. The quantitative estimate of drug-likeness (QED) is 0.464. The van der Waals surface area contributed by atoms with Crippen molar-refractivity contribution in [3.05, 3.63) is 46.0 Å². The van der Waals surface area contributed by atoms with E-state index in [-0.39, 0.29) is 11.3 Å². The number of hydrogen-bond acceptors (Lipinski definition) is 0. The fourth-order valence-electron chi connectivity index (χ4n) is 2.00. The topological polar surface area (TPSA) is 0 Å². The molecule has 0 nitrogen and oxygen atoms in total. The molecule has 0 aliphatic heterocycles. The molecule has 2 atom stereocenters. The molecule has 2 aliphatic carbocycles. The minimum absolute atomic E-state index is 0.131. The van der Waals surface area contributed by atoms with Crippen molar-refractivity contribution in [1.82, 2.24) is 0 Å². The summed E-state index contributed by atoms with van der Waals surface area (Å²) >= 11 is 9.59. The molecule has 0 aromatic carbocycles. The van der Waals surface area contributed by atoms with Gasteiger partial charge in [0, 0.05) is 16.0 Å². The second-order valence-electron chi connectivity index (χ2n) is 4.55. The first kappa shape index (κ1) is 13.7. The number of alkyl halides is 1. The predicted octanol–water partition coefficient (Wildman–Crippen LogP) is 5.12. The van der Waals surface area contributed by atoms with Crippen LogP contribution in [0, 0.1) is 17.8 Å². The highest BCUT2D eigenvalue weighted by molar-refractivity contribution is 9.12. The number of rotatable bonds is 1. The van der Waals surface area contributed by atoms with E-state index in [0.717, 1.165) is 24.8 Å². The van der Waals surface area contributed by atoms with Crippen LogP contribution in [0.15, 0.2) is 46.0 Å². The van der Waals surface area contributed by atoms with Crippen LogP contribution in [0.4, 0.5) is 0 Å². The molecule has 0 bridgehead atoms. The monoisotopic (exact) mass is 322 g/mol. The third-order valence-electron chi connectivity index (χ3n) is 3.08. The van der Waals surface area contributed by atoms with Crippen molar-refractivity contribution in [1.29, 1.82) is 0 Å².